The molecule has 2 atom stereocenters. The monoisotopic (exact) mass is 615 g/mol. The molecule has 0 radical (unpaired) electrons. The van der Waals surface area contributed by atoms with Gasteiger partial charge < -0.3 is 29.7 Å². The first-order chi connectivity index (χ1) is 19.5. The van der Waals surface area contributed by atoms with Gasteiger partial charge in [-0.25, -0.2) is 18.6 Å². The smallest absolute Gasteiger partial charge is 0.479 e. The van der Waals surface area contributed by atoms with E-state index >= 15 is 0 Å². The molecule has 3 N–H and O–H groups in total. The molecule has 1 unspecified atom stereocenters. The zero-order valence-corrected chi connectivity index (χ0v) is 25.5. The number of amides is 1. The third-order valence-electron chi connectivity index (χ3n) is 7.70. The molecule has 1 fully saturated rings. The molecule has 42 heavy (non-hydrogen) atoms. The molecule has 1 saturated carbocycles. The number of ether oxygens (including phenoxy) is 3. The van der Waals surface area contributed by atoms with Crippen LogP contribution in [0.1, 0.15) is 83.5 Å². The molecule has 13 nitrogen and oxygen atoms in total. The molecule has 236 valence electrons. The molecule has 1 aliphatic carbocycles. The molecule has 1 aromatic carbocycles. The first kappa shape index (κ1) is 35.0. The van der Waals surface area contributed by atoms with Gasteiger partial charge in [-0.05, 0) is 44.2 Å². The maximum absolute atomic E-state index is 13.2. The van der Waals surface area contributed by atoms with Crippen LogP contribution < -0.4 is 10.1 Å². The summed E-state index contributed by atoms with van der Waals surface area (Å²) in [5.41, 5.74) is -4.80. The molecule has 0 aliphatic heterocycles. The van der Waals surface area contributed by atoms with Crippen LogP contribution in [-0.4, -0.2) is 72.9 Å². The van der Waals surface area contributed by atoms with E-state index in [0.717, 1.165) is 13.3 Å². The van der Waals surface area contributed by atoms with E-state index in [4.69, 9.17) is 18.4 Å². The number of aliphatic hydroxyl groups is 1. The summed E-state index contributed by atoms with van der Waals surface area (Å²) in [6.07, 6.45) is 1.21. The van der Waals surface area contributed by atoms with Crippen LogP contribution in [0.5, 0.6) is 5.75 Å². The second-order valence-corrected chi connectivity index (χ2v) is 12.5. The first-order valence-corrected chi connectivity index (χ1v) is 15.4. The van der Waals surface area contributed by atoms with Crippen molar-refractivity contribution in [1.82, 2.24) is 5.32 Å². The van der Waals surface area contributed by atoms with E-state index < -0.39 is 56.7 Å². The van der Waals surface area contributed by atoms with Gasteiger partial charge in [-0.2, -0.15) is 8.42 Å². The van der Waals surface area contributed by atoms with Gasteiger partial charge in [0.15, 0.2) is 5.60 Å². The third kappa shape index (κ3) is 8.19. The number of esters is 1. The molecule has 1 aromatic rings. The van der Waals surface area contributed by atoms with Crippen LogP contribution in [0.2, 0.25) is 0 Å². The average Bonchev–Trinajstić information content (AvgIpc) is 2.90. The number of para-hydroxylation sites is 1. The molecule has 14 heteroatoms. The highest BCUT2D eigenvalue weighted by molar-refractivity contribution is 7.86. The fourth-order valence-electron chi connectivity index (χ4n) is 5.07. The summed E-state index contributed by atoms with van der Waals surface area (Å²) in [5.74, 6) is -7.12. The lowest BCUT2D eigenvalue weighted by atomic mass is 9.60. The van der Waals surface area contributed by atoms with Gasteiger partial charge in [-0.1, -0.05) is 45.2 Å². The topological polar surface area (TPSA) is 192 Å². The molecule has 1 amide bonds. The van der Waals surface area contributed by atoms with Crippen molar-refractivity contribution in [2.75, 3.05) is 18.9 Å². The number of benzene rings is 1. The van der Waals surface area contributed by atoms with Crippen molar-refractivity contribution in [2.24, 2.45) is 11.3 Å². The van der Waals surface area contributed by atoms with Gasteiger partial charge in [0.25, 0.3) is 10.1 Å². The normalized spacial score (nSPS) is 17.3. The quantitative estimate of drug-likeness (QED) is 0.0910. The van der Waals surface area contributed by atoms with Gasteiger partial charge in [0, 0.05) is 20.4 Å². The van der Waals surface area contributed by atoms with Crippen LogP contribution in [0.3, 0.4) is 0 Å². The number of hydrogen-bond donors (Lipinski definition) is 3. The number of nitrogens with one attached hydrogen (secondary N) is 1. The third-order valence-corrected chi connectivity index (χ3v) is 9.06. The summed E-state index contributed by atoms with van der Waals surface area (Å²) in [4.78, 5) is 49.3. The maximum Gasteiger partial charge on any atom is 0.516 e. The molecule has 1 aliphatic rings. The van der Waals surface area contributed by atoms with Gasteiger partial charge in [-0.15, -0.1) is 0 Å². The van der Waals surface area contributed by atoms with E-state index in [1.165, 1.54) is 45.0 Å². The fraction of sp³-hybridized carbons (Fsp3) is 0.643. The van der Waals surface area contributed by atoms with E-state index in [9.17, 15) is 37.8 Å². The van der Waals surface area contributed by atoms with Crippen LogP contribution in [-0.2, 0) is 33.4 Å². The van der Waals surface area contributed by atoms with Crippen LogP contribution in [0.4, 0.5) is 4.79 Å². The number of carbonyl (C=O) groups excluding carboxylic acids is 3. The van der Waals surface area contributed by atoms with E-state index in [-0.39, 0.29) is 36.8 Å². The minimum Gasteiger partial charge on any atom is -0.479 e. The standard InChI is InChI=1S/C28H41NO12S/c1-6-38-23(31)21-15-10-11-16-22(21)39-25(34)40-27(5,41-42(36,37)18-12-17-29-19(2)30)26(3,4)28(35,24(32)33)20-13-8-7-9-14-20/h10-11,15-16,20,35H,6-9,12-14,17-18H2,1-5H3,(H,29,30)(H,32,33)/t27?,28-/m0/s1. The van der Waals surface area contributed by atoms with Crippen LogP contribution in [0, 0.1) is 11.3 Å². The minimum atomic E-state index is -4.55. The summed E-state index contributed by atoms with van der Waals surface area (Å²) in [6, 6.07) is 5.60. The van der Waals surface area contributed by atoms with E-state index in [0.29, 0.717) is 25.7 Å². The number of aliphatic carboxylic acids is 1. The summed E-state index contributed by atoms with van der Waals surface area (Å²) in [7, 11) is -4.55. The Kier molecular flexibility index (Phi) is 11.9. The van der Waals surface area contributed by atoms with Gasteiger partial charge in [-0.3, -0.25) is 4.79 Å². The lowest BCUT2D eigenvalue weighted by Gasteiger charge is -2.52. The summed E-state index contributed by atoms with van der Waals surface area (Å²) < 4.78 is 47.3. The Balaban J connectivity index is 2.50. The fourth-order valence-corrected chi connectivity index (χ4v) is 6.38. The maximum atomic E-state index is 13.2. The van der Waals surface area contributed by atoms with Gasteiger partial charge >= 0.3 is 18.1 Å². The lowest BCUT2D eigenvalue weighted by Crippen LogP contribution is -2.67. The van der Waals surface area contributed by atoms with Gasteiger partial charge in [0.05, 0.1) is 17.8 Å². The Morgan fingerprint density at radius 2 is 1.67 bits per heavy atom. The Morgan fingerprint density at radius 1 is 1.05 bits per heavy atom. The summed E-state index contributed by atoms with van der Waals surface area (Å²) in [5, 5.41) is 24.6. The Bertz CT molecular complexity index is 1240. The summed E-state index contributed by atoms with van der Waals surface area (Å²) in [6.45, 7) is 6.42. The van der Waals surface area contributed by atoms with Gasteiger partial charge in [0.2, 0.25) is 11.7 Å². The van der Waals surface area contributed by atoms with E-state index in [1.54, 1.807) is 6.92 Å². The van der Waals surface area contributed by atoms with Crippen LogP contribution >= 0.6 is 0 Å². The predicted molar refractivity (Wildman–Crippen MR) is 149 cm³/mol. The second-order valence-electron chi connectivity index (χ2n) is 10.8. The molecule has 0 spiro atoms. The Hall–Kier alpha value is -3.23. The highest BCUT2D eigenvalue weighted by atomic mass is 32.2. The van der Waals surface area contributed by atoms with Crippen LogP contribution in [0.25, 0.3) is 0 Å². The van der Waals surface area contributed by atoms with Crippen LogP contribution in [0.15, 0.2) is 24.3 Å². The molecule has 0 heterocycles. The lowest BCUT2D eigenvalue weighted by molar-refractivity contribution is -0.273. The van der Waals surface area contributed by atoms with Crippen molar-refractivity contribution in [3.8, 4) is 5.75 Å². The first-order valence-electron chi connectivity index (χ1n) is 13.8. The average molecular weight is 616 g/mol. The number of carbonyl (C=O) groups is 4. The number of carboxylic acids is 1. The molecular weight excluding hydrogens is 574 g/mol. The molecule has 0 bridgehead atoms. The van der Waals surface area contributed by atoms with Crippen molar-refractivity contribution in [3.05, 3.63) is 29.8 Å². The zero-order chi connectivity index (χ0) is 31.8. The van der Waals surface area contributed by atoms with E-state index in [2.05, 4.69) is 5.32 Å². The Labute approximate surface area is 246 Å². The van der Waals surface area contributed by atoms with Gasteiger partial charge in [0.1, 0.15) is 11.3 Å². The molecule has 2 rings (SSSR count). The van der Waals surface area contributed by atoms with Crippen molar-refractivity contribution >= 4 is 34.1 Å². The molecule has 0 aromatic heterocycles. The Morgan fingerprint density at radius 3 is 2.24 bits per heavy atom. The number of rotatable bonds is 14. The zero-order valence-electron chi connectivity index (χ0n) is 24.6. The highest BCUT2D eigenvalue weighted by Gasteiger charge is 2.66. The van der Waals surface area contributed by atoms with Crippen molar-refractivity contribution in [2.45, 2.75) is 84.5 Å². The minimum absolute atomic E-state index is 0.00666. The number of hydrogen-bond acceptors (Lipinski definition) is 11. The van der Waals surface area contributed by atoms with Crippen molar-refractivity contribution < 1.29 is 56.2 Å². The van der Waals surface area contributed by atoms with Crippen molar-refractivity contribution in [1.29, 1.82) is 0 Å². The number of carboxylic acid groups (broad SMARTS) is 1. The SMILES string of the molecule is CCOC(=O)c1ccccc1OC(=O)OC(C)(OS(=O)(=O)CCCNC(C)=O)C(C)(C)[C@@](O)(C(=O)O)C1CCCCC1. The summed E-state index contributed by atoms with van der Waals surface area (Å²) >= 11 is 0. The van der Waals surface area contributed by atoms with Crippen molar-refractivity contribution in [3.63, 3.8) is 0 Å². The molecule has 0 saturated heterocycles. The predicted octanol–water partition coefficient (Wildman–Crippen LogP) is 3.39. The molecular formula is C28H41NO12S. The second kappa shape index (κ2) is 14.3. The highest BCUT2D eigenvalue weighted by Crippen LogP contribution is 2.51. The largest absolute Gasteiger partial charge is 0.516 e. The van der Waals surface area contributed by atoms with E-state index in [1.807, 2.05) is 0 Å².